The first-order chi connectivity index (χ1) is 8.79. The van der Waals surface area contributed by atoms with Crippen molar-refractivity contribution in [2.45, 2.75) is 37.8 Å². The van der Waals surface area contributed by atoms with E-state index in [1.54, 1.807) is 0 Å². The predicted octanol–water partition coefficient (Wildman–Crippen LogP) is 0.778. The van der Waals surface area contributed by atoms with Gasteiger partial charge in [-0.05, 0) is 12.8 Å². The fourth-order valence-corrected chi connectivity index (χ4v) is 3.63. The molecule has 1 aliphatic carbocycles. The topological polar surface area (TPSA) is 59.4 Å². The molecule has 0 spiro atoms. The van der Waals surface area contributed by atoms with Gasteiger partial charge in [0, 0.05) is 32.2 Å². The van der Waals surface area contributed by atoms with Crippen LogP contribution in [0.25, 0.3) is 0 Å². The van der Waals surface area contributed by atoms with Crippen LogP contribution in [0.5, 0.6) is 0 Å². The summed E-state index contributed by atoms with van der Waals surface area (Å²) in [7, 11) is 0. The van der Waals surface area contributed by atoms with E-state index in [4.69, 9.17) is 0 Å². The number of nitrogens with one attached hydrogen (secondary N) is 1. The highest BCUT2D eigenvalue weighted by molar-refractivity contribution is 5.77. The largest absolute Gasteiger partial charge is 0.336 e. The number of hydrogen-bond donors (Lipinski definition) is 1. The van der Waals surface area contributed by atoms with E-state index in [0.29, 0.717) is 12.1 Å². The maximum Gasteiger partial charge on any atom is 0.317 e. The third kappa shape index (κ3) is 1.95. The summed E-state index contributed by atoms with van der Waals surface area (Å²) in [5.41, 5.74) is 0. The Labute approximate surface area is 108 Å². The molecule has 2 amide bonds. The Balaban J connectivity index is 1.67. The first-order valence-electron chi connectivity index (χ1n) is 6.97. The fraction of sp³-hybridized carbons (Fsp3) is 0.846. The van der Waals surface area contributed by atoms with Gasteiger partial charge in [0.05, 0.1) is 18.0 Å². The minimum atomic E-state index is 0.0835. The molecule has 3 rings (SSSR count). The molecule has 2 saturated heterocycles. The summed E-state index contributed by atoms with van der Waals surface area (Å²) in [6.45, 7) is 3.43. The molecule has 0 aromatic carbocycles. The molecule has 3 unspecified atom stereocenters. The van der Waals surface area contributed by atoms with Crippen LogP contribution < -0.4 is 5.32 Å². The second-order valence-corrected chi connectivity index (χ2v) is 5.62. The molecule has 0 aromatic rings. The van der Waals surface area contributed by atoms with Gasteiger partial charge in [-0.3, -0.25) is 4.90 Å². The van der Waals surface area contributed by atoms with Crippen LogP contribution in [0.3, 0.4) is 0 Å². The van der Waals surface area contributed by atoms with E-state index in [-0.39, 0.29) is 11.9 Å². The van der Waals surface area contributed by atoms with E-state index >= 15 is 0 Å². The number of hydrogen-bond acceptors (Lipinski definition) is 3. The minimum Gasteiger partial charge on any atom is -0.336 e. The molecule has 0 radical (unpaired) electrons. The lowest BCUT2D eigenvalue weighted by Gasteiger charge is -2.43. The van der Waals surface area contributed by atoms with Gasteiger partial charge in [0.15, 0.2) is 0 Å². The minimum absolute atomic E-state index is 0.0835. The van der Waals surface area contributed by atoms with Gasteiger partial charge in [-0.2, -0.15) is 5.26 Å². The smallest absolute Gasteiger partial charge is 0.317 e. The Hall–Kier alpha value is -1.28. The molecule has 5 heteroatoms. The van der Waals surface area contributed by atoms with Gasteiger partial charge in [0.2, 0.25) is 0 Å². The molecule has 2 heterocycles. The van der Waals surface area contributed by atoms with Crippen LogP contribution >= 0.6 is 0 Å². The van der Waals surface area contributed by atoms with Crippen molar-refractivity contribution < 1.29 is 4.79 Å². The summed E-state index contributed by atoms with van der Waals surface area (Å²) >= 11 is 0. The van der Waals surface area contributed by atoms with E-state index in [0.717, 1.165) is 39.0 Å². The van der Waals surface area contributed by atoms with Crippen molar-refractivity contribution in [3.63, 3.8) is 0 Å². The Morgan fingerprint density at radius 3 is 2.94 bits per heavy atom. The van der Waals surface area contributed by atoms with Crippen molar-refractivity contribution in [1.82, 2.24) is 15.1 Å². The number of rotatable bonds is 1. The summed E-state index contributed by atoms with van der Waals surface area (Å²) < 4.78 is 0. The number of carbonyl (C=O) groups is 1. The van der Waals surface area contributed by atoms with Crippen molar-refractivity contribution in [1.29, 1.82) is 5.26 Å². The quantitative estimate of drug-likeness (QED) is 0.746. The van der Waals surface area contributed by atoms with Crippen molar-refractivity contribution >= 4 is 6.03 Å². The van der Waals surface area contributed by atoms with Crippen LogP contribution in [0.15, 0.2) is 0 Å². The summed E-state index contributed by atoms with van der Waals surface area (Å²) in [5.74, 6) is 0.190. The molecule has 3 aliphatic rings. The lowest BCUT2D eigenvalue weighted by molar-refractivity contribution is 0.0573. The molecule has 18 heavy (non-hydrogen) atoms. The predicted molar refractivity (Wildman–Crippen MR) is 66.8 cm³/mol. The van der Waals surface area contributed by atoms with Crippen LogP contribution in [0.4, 0.5) is 4.79 Å². The van der Waals surface area contributed by atoms with E-state index in [1.165, 1.54) is 12.8 Å². The van der Waals surface area contributed by atoms with Crippen molar-refractivity contribution in [3.05, 3.63) is 0 Å². The van der Waals surface area contributed by atoms with Crippen LogP contribution in [0.1, 0.15) is 25.7 Å². The van der Waals surface area contributed by atoms with E-state index in [2.05, 4.69) is 16.3 Å². The SMILES string of the molecule is N#CC1CCCCC1N1CCN2C(=O)NCC2C1. The summed E-state index contributed by atoms with van der Waals surface area (Å²) in [5, 5.41) is 12.2. The summed E-state index contributed by atoms with van der Waals surface area (Å²) in [4.78, 5) is 16.0. The lowest BCUT2D eigenvalue weighted by Crippen LogP contribution is -2.56. The number of nitriles is 1. The molecule has 0 bridgehead atoms. The molecular formula is C13H20N4O. The fourth-order valence-electron chi connectivity index (χ4n) is 3.63. The number of amides is 2. The molecule has 2 aliphatic heterocycles. The van der Waals surface area contributed by atoms with Crippen molar-refractivity contribution in [2.75, 3.05) is 26.2 Å². The number of fused-ring (bicyclic) bond motifs is 1. The Morgan fingerprint density at radius 2 is 2.11 bits per heavy atom. The van der Waals surface area contributed by atoms with Crippen LogP contribution in [-0.4, -0.2) is 54.1 Å². The van der Waals surface area contributed by atoms with Gasteiger partial charge in [0.25, 0.3) is 0 Å². The van der Waals surface area contributed by atoms with Gasteiger partial charge in [0.1, 0.15) is 0 Å². The maximum absolute atomic E-state index is 11.6. The first kappa shape index (κ1) is 11.8. The Bertz CT molecular complexity index is 378. The van der Waals surface area contributed by atoms with E-state index in [1.807, 2.05) is 4.90 Å². The maximum atomic E-state index is 11.6. The lowest BCUT2D eigenvalue weighted by atomic mass is 9.84. The van der Waals surface area contributed by atoms with Gasteiger partial charge >= 0.3 is 6.03 Å². The third-order valence-corrected chi connectivity index (χ3v) is 4.63. The summed E-state index contributed by atoms with van der Waals surface area (Å²) in [6, 6.07) is 3.30. The highest BCUT2D eigenvalue weighted by Crippen LogP contribution is 2.30. The van der Waals surface area contributed by atoms with Gasteiger partial charge in [-0.1, -0.05) is 12.8 Å². The third-order valence-electron chi connectivity index (χ3n) is 4.63. The molecule has 3 fully saturated rings. The average Bonchev–Trinajstić information content (AvgIpc) is 2.80. The zero-order valence-electron chi connectivity index (χ0n) is 10.6. The average molecular weight is 248 g/mol. The van der Waals surface area contributed by atoms with Gasteiger partial charge < -0.3 is 10.2 Å². The summed E-state index contributed by atoms with van der Waals surface area (Å²) in [6.07, 6.45) is 4.62. The molecule has 5 nitrogen and oxygen atoms in total. The van der Waals surface area contributed by atoms with Crippen LogP contribution in [-0.2, 0) is 0 Å². The van der Waals surface area contributed by atoms with Crippen LogP contribution in [0.2, 0.25) is 0 Å². The molecule has 0 aromatic heterocycles. The molecular weight excluding hydrogens is 228 g/mol. The monoisotopic (exact) mass is 248 g/mol. The highest BCUT2D eigenvalue weighted by Gasteiger charge is 2.39. The zero-order chi connectivity index (χ0) is 12.5. The molecule has 3 atom stereocenters. The van der Waals surface area contributed by atoms with Gasteiger partial charge in [-0.25, -0.2) is 4.79 Å². The standard InChI is InChI=1S/C13H20N4O/c14-7-10-3-1-2-4-12(10)16-5-6-17-11(9-16)8-15-13(17)18/h10-12H,1-6,8-9H2,(H,15,18). The molecule has 98 valence electrons. The zero-order valence-corrected chi connectivity index (χ0v) is 10.6. The Kier molecular flexibility index (Phi) is 3.13. The van der Waals surface area contributed by atoms with Crippen LogP contribution in [0, 0.1) is 17.2 Å². The number of urea groups is 1. The second kappa shape index (κ2) is 4.77. The molecule has 1 N–H and O–H groups in total. The van der Waals surface area contributed by atoms with E-state index in [9.17, 15) is 10.1 Å². The normalized spacial score (nSPS) is 36.9. The van der Waals surface area contributed by atoms with E-state index < -0.39 is 0 Å². The van der Waals surface area contributed by atoms with Gasteiger partial charge in [-0.15, -0.1) is 0 Å². The Morgan fingerprint density at radius 1 is 1.28 bits per heavy atom. The van der Waals surface area contributed by atoms with Crippen molar-refractivity contribution in [2.24, 2.45) is 5.92 Å². The number of carbonyl (C=O) groups excluding carboxylic acids is 1. The number of piperazine rings is 1. The second-order valence-electron chi connectivity index (χ2n) is 5.62. The molecule has 1 saturated carbocycles. The number of nitrogens with zero attached hydrogens (tertiary/aromatic N) is 3. The highest BCUT2D eigenvalue weighted by atomic mass is 16.2. The van der Waals surface area contributed by atoms with Crippen molar-refractivity contribution in [3.8, 4) is 6.07 Å². The first-order valence-corrected chi connectivity index (χ1v) is 6.97.